The molecule has 2 heterocycles. The molecule has 0 N–H and O–H groups in total. The van der Waals surface area contributed by atoms with Crippen LogP contribution in [0, 0.1) is 19.7 Å². The molecule has 1 atom stereocenters. The molecular formula is C20H27FN4O4S. The van der Waals surface area contributed by atoms with Crippen LogP contribution in [-0.4, -0.2) is 65.6 Å². The average molecular weight is 439 g/mol. The summed E-state index contributed by atoms with van der Waals surface area (Å²) in [6.07, 6.45) is -0.386. The Morgan fingerprint density at radius 2 is 1.87 bits per heavy atom. The maximum Gasteiger partial charge on any atom is 0.263 e. The van der Waals surface area contributed by atoms with E-state index < -0.39 is 21.9 Å². The minimum Gasteiger partial charge on any atom is -0.478 e. The second-order valence-corrected chi connectivity index (χ2v) is 9.27. The standard InChI is InChI=1S/C20H27FN4O4S/c1-14-19(15(2)23(4)22-14)30(27,28)25-11-7-10-24(12-13-25)20(26)16(3)29-18-9-6-5-8-17(18)21/h5-6,8-9,16H,7,10-13H2,1-4H3. The highest BCUT2D eigenvalue weighted by atomic mass is 32.2. The first-order valence-corrected chi connectivity index (χ1v) is 11.3. The van der Waals surface area contributed by atoms with Gasteiger partial charge in [0.1, 0.15) is 4.90 Å². The number of hydrogen-bond acceptors (Lipinski definition) is 5. The number of sulfonamides is 1. The summed E-state index contributed by atoms with van der Waals surface area (Å²) in [4.78, 5) is 14.6. The SMILES string of the molecule is Cc1nn(C)c(C)c1S(=O)(=O)N1CCCN(C(=O)C(C)Oc2ccccc2F)CC1. The number of carbonyl (C=O) groups is 1. The minimum atomic E-state index is -3.72. The number of amides is 1. The van der Waals surface area contributed by atoms with Gasteiger partial charge in [0, 0.05) is 33.2 Å². The first kappa shape index (κ1) is 22.2. The van der Waals surface area contributed by atoms with Gasteiger partial charge in [-0.25, -0.2) is 12.8 Å². The molecule has 0 spiro atoms. The third-order valence-corrected chi connectivity index (χ3v) is 7.45. The van der Waals surface area contributed by atoms with Crippen molar-refractivity contribution in [2.75, 3.05) is 26.2 Å². The first-order valence-electron chi connectivity index (χ1n) is 9.83. The van der Waals surface area contributed by atoms with Crippen LogP contribution in [0.2, 0.25) is 0 Å². The molecule has 0 bridgehead atoms. The monoisotopic (exact) mass is 438 g/mol. The van der Waals surface area contributed by atoms with Crippen LogP contribution in [-0.2, 0) is 21.9 Å². The van der Waals surface area contributed by atoms with Crippen molar-refractivity contribution < 1.29 is 22.3 Å². The van der Waals surface area contributed by atoms with Crippen LogP contribution in [0.25, 0.3) is 0 Å². The van der Waals surface area contributed by atoms with E-state index >= 15 is 0 Å². The zero-order valence-corrected chi connectivity index (χ0v) is 18.4. The number of aryl methyl sites for hydroxylation is 2. The van der Waals surface area contributed by atoms with Gasteiger partial charge >= 0.3 is 0 Å². The van der Waals surface area contributed by atoms with Crippen LogP contribution in [0.15, 0.2) is 29.2 Å². The van der Waals surface area contributed by atoms with E-state index in [0.29, 0.717) is 30.9 Å². The normalized spacial score (nSPS) is 16.9. The fourth-order valence-corrected chi connectivity index (χ4v) is 5.52. The van der Waals surface area contributed by atoms with E-state index in [1.807, 2.05) is 0 Å². The Labute approximate surface area is 176 Å². The molecule has 3 rings (SSSR count). The van der Waals surface area contributed by atoms with Crippen LogP contribution in [0.1, 0.15) is 24.7 Å². The van der Waals surface area contributed by atoms with Gasteiger partial charge in [-0.3, -0.25) is 9.48 Å². The van der Waals surface area contributed by atoms with E-state index in [4.69, 9.17) is 4.74 Å². The average Bonchev–Trinajstić information content (AvgIpc) is 2.87. The van der Waals surface area contributed by atoms with Crippen molar-refractivity contribution in [1.82, 2.24) is 19.0 Å². The maximum absolute atomic E-state index is 13.8. The van der Waals surface area contributed by atoms with Crippen molar-refractivity contribution in [2.45, 2.75) is 38.2 Å². The third kappa shape index (κ3) is 4.34. The van der Waals surface area contributed by atoms with Crippen molar-refractivity contribution in [3.63, 3.8) is 0 Å². The fraction of sp³-hybridized carbons (Fsp3) is 0.500. The maximum atomic E-state index is 13.8. The van der Waals surface area contributed by atoms with Gasteiger partial charge in [0.05, 0.1) is 11.4 Å². The van der Waals surface area contributed by atoms with Crippen LogP contribution in [0.4, 0.5) is 4.39 Å². The lowest BCUT2D eigenvalue weighted by molar-refractivity contribution is -0.137. The number of carbonyl (C=O) groups excluding carboxylic acids is 1. The minimum absolute atomic E-state index is 0.0138. The highest BCUT2D eigenvalue weighted by Gasteiger charge is 2.33. The lowest BCUT2D eigenvalue weighted by Gasteiger charge is -2.25. The number of ether oxygens (including phenoxy) is 1. The van der Waals surface area contributed by atoms with Crippen LogP contribution in [0.5, 0.6) is 5.75 Å². The van der Waals surface area contributed by atoms with Crippen molar-refractivity contribution in [3.05, 3.63) is 41.5 Å². The topological polar surface area (TPSA) is 84.7 Å². The molecule has 1 unspecified atom stereocenters. The summed E-state index contributed by atoms with van der Waals surface area (Å²) in [5.41, 5.74) is 1.04. The molecule has 164 valence electrons. The van der Waals surface area contributed by atoms with Crippen LogP contribution >= 0.6 is 0 Å². The van der Waals surface area contributed by atoms with Gasteiger partial charge in [0.2, 0.25) is 10.0 Å². The van der Waals surface area contributed by atoms with Crippen LogP contribution in [0.3, 0.4) is 0 Å². The lowest BCUT2D eigenvalue weighted by atomic mass is 10.3. The van der Waals surface area contributed by atoms with E-state index in [1.165, 1.54) is 16.4 Å². The summed E-state index contributed by atoms with van der Waals surface area (Å²) < 4.78 is 48.6. The first-order chi connectivity index (χ1) is 14.1. The molecule has 2 aromatic rings. The fourth-order valence-electron chi connectivity index (χ4n) is 3.65. The molecule has 8 nitrogen and oxygen atoms in total. The van der Waals surface area contributed by atoms with Gasteiger partial charge < -0.3 is 9.64 Å². The van der Waals surface area contributed by atoms with Crippen molar-refractivity contribution >= 4 is 15.9 Å². The summed E-state index contributed by atoms with van der Waals surface area (Å²) in [6.45, 7) is 6.09. The number of aromatic nitrogens is 2. The molecular weight excluding hydrogens is 411 g/mol. The zero-order valence-electron chi connectivity index (χ0n) is 17.6. The van der Waals surface area contributed by atoms with Crippen molar-refractivity contribution in [2.24, 2.45) is 7.05 Å². The van der Waals surface area contributed by atoms with E-state index in [-0.39, 0.29) is 29.6 Å². The highest BCUT2D eigenvalue weighted by Crippen LogP contribution is 2.24. The summed E-state index contributed by atoms with van der Waals surface area (Å²) in [5, 5.41) is 4.21. The molecule has 1 aliphatic rings. The quantitative estimate of drug-likeness (QED) is 0.712. The van der Waals surface area contributed by atoms with Gasteiger partial charge in [-0.1, -0.05) is 12.1 Å². The second-order valence-electron chi connectivity index (χ2n) is 7.40. The Kier molecular flexibility index (Phi) is 6.47. The number of nitrogens with zero attached hydrogens (tertiary/aromatic N) is 4. The molecule has 0 aliphatic carbocycles. The second kappa shape index (κ2) is 8.73. The molecule has 1 aromatic carbocycles. The Balaban J connectivity index is 1.70. The van der Waals surface area contributed by atoms with E-state index in [9.17, 15) is 17.6 Å². The summed E-state index contributed by atoms with van der Waals surface area (Å²) in [5.74, 6) is -0.821. The van der Waals surface area contributed by atoms with Gasteiger partial charge in [-0.2, -0.15) is 9.40 Å². The third-order valence-electron chi connectivity index (χ3n) is 5.30. The molecule has 1 aliphatic heterocycles. The van der Waals surface area contributed by atoms with Crippen molar-refractivity contribution in [1.29, 1.82) is 0 Å². The van der Waals surface area contributed by atoms with Crippen LogP contribution < -0.4 is 4.74 Å². The van der Waals surface area contributed by atoms with Gasteiger partial charge in [0.15, 0.2) is 17.7 Å². The molecule has 1 aromatic heterocycles. The Morgan fingerprint density at radius 1 is 1.17 bits per heavy atom. The largest absolute Gasteiger partial charge is 0.478 e. The smallest absolute Gasteiger partial charge is 0.263 e. The molecule has 10 heteroatoms. The van der Waals surface area contributed by atoms with Gasteiger partial charge in [-0.15, -0.1) is 0 Å². The summed E-state index contributed by atoms with van der Waals surface area (Å²) in [7, 11) is -2.01. The predicted octanol–water partition coefficient (Wildman–Crippen LogP) is 1.87. The van der Waals surface area contributed by atoms with E-state index in [0.717, 1.165) is 0 Å². The number of benzene rings is 1. The molecule has 0 radical (unpaired) electrons. The lowest BCUT2D eigenvalue weighted by Crippen LogP contribution is -2.43. The van der Waals surface area contributed by atoms with E-state index in [1.54, 1.807) is 49.5 Å². The van der Waals surface area contributed by atoms with E-state index in [2.05, 4.69) is 5.10 Å². The Bertz CT molecular complexity index is 1040. The summed E-state index contributed by atoms with van der Waals surface area (Å²) >= 11 is 0. The predicted molar refractivity (Wildman–Crippen MR) is 109 cm³/mol. The van der Waals surface area contributed by atoms with Gasteiger partial charge in [-0.05, 0) is 39.3 Å². The van der Waals surface area contributed by atoms with Gasteiger partial charge in [0.25, 0.3) is 5.91 Å². The van der Waals surface area contributed by atoms with Crippen molar-refractivity contribution in [3.8, 4) is 5.75 Å². The summed E-state index contributed by atoms with van der Waals surface area (Å²) in [6, 6.07) is 5.91. The molecule has 1 fully saturated rings. The number of rotatable bonds is 5. The molecule has 30 heavy (non-hydrogen) atoms. The molecule has 1 amide bonds. The molecule has 1 saturated heterocycles. The number of hydrogen-bond donors (Lipinski definition) is 0. The number of halogens is 1. The highest BCUT2D eigenvalue weighted by molar-refractivity contribution is 7.89. The Morgan fingerprint density at radius 3 is 2.50 bits per heavy atom. The molecule has 0 saturated carbocycles. The zero-order chi connectivity index (χ0) is 22.1. The number of para-hydroxylation sites is 1. The Hall–Kier alpha value is -2.46.